The minimum absolute atomic E-state index is 0.454. The fraction of sp³-hybridized carbons (Fsp3) is 0.133. The molecule has 0 aliphatic heterocycles. The standard InChI is InChI=1S/C15H14ClN3/c1-9-6-7-12(10(2)8-9)19-13-5-3-4-11(16)14(13)18-15(19)17/h3-8H,1-2H3,(H2,17,18). The third-order valence-corrected chi connectivity index (χ3v) is 3.56. The maximum atomic E-state index is 6.16. The number of anilines is 1. The number of fused-ring (bicyclic) bond motifs is 1. The summed E-state index contributed by atoms with van der Waals surface area (Å²) in [4.78, 5) is 4.36. The lowest BCUT2D eigenvalue weighted by atomic mass is 10.1. The van der Waals surface area contributed by atoms with E-state index in [0.29, 0.717) is 11.0 Å². The van der Waals surface area contributed by atoms with Gasteiger partial charge in [-0.2, -0.15) is 0 Å². The van der Waals surface area contributed by atoms with Crippen LogP contribution < -0.4 is 5.73 Å². The molecule has 0 radical (unpaired) electrons. The number of nitrogens with two attached hydrogens (primary N) is 1. The molecule has 19 heavy (non-hydrogen) atoms. The molecule has 96 valence electrons. The van der Waals surface area contributed by atoms with E-state index in [9.17, 15) is 0 Å². The van der Waals surface area contributed by atoms with Crippen LogP contribution in [0.5, 0.6) is 0 Å². The summed E-state index contributed by atoms with van der Waals surface area (Å²) in [5.74, 6) is 0.454. The second-order valence-electron chi connectivity index (χ2n) is 4.70. The van der Waals surface area contributed by atoms with Crippen molar-refractivity contribution in [1.29, 1.82) is 0 Å². The molecule has 3 aromatic rings. The van der Waals surface area contributed by atoms with Crippen LogP contribution in [0.15, 0.2) is 36.4 Å². The maximum Gasteiger partial charge on any atom is 0.205 e. The number of nitrogen functional groups attached to an aromatic ring is 1. The van der Waals surface area contributed by atoms with Gasteiger partial charge in [0.05, 0.1) is 16.2 Å². The van der Waals surface area contributed by atoms with Crippen LogP contribution >= 0.6 is 11.6 Å². The second kappa shape index (κ2) is 4.28. The number of nitrogens with zero attached hydrogens (tertiary/aromatic N) is 2. The van der Waals surface area contributed by atoms with Crippen molar-refractivity contribution in [1.82, 2.24) is 9.55 Å². The Bertz CT molecular complexity index is 774. The van der Waals surface area contributed by atoms with Crippen LogP contribution in [0.2, 0.25) is 5.02 Å². The van der Waals surface area contributed by atoms with Crippen molar-refractivity contribution in [2.24, 2.45) is 0 Å². The van der Waals surface area contributed by atoms with Crippen molar-refractivity contribution >= 4 is 28.6 Å². The van der Waals surface area contributed by atoms with E-state index in [2.05, 4.69) is 37.0 Å². The Hall–Kier alpha value is -2.00. The first kappa shape index (κ1) is 12.1. The molecule has 2 N–H and O–H groups in total. The summed E-state index contributed by atoms with van der Waals surface area (Å²) in [6, 6.07) is 12.0. The van der Waals surface area contributed by atoms with E-state index in [0.717, 1.165) is 22.3 Å². The highest BCUT2D eigenvalue weighted by Gasteiger charge is 2.13. The van der Waals surface area contributed by atoms with Crippen LogP contribution in [0.1, 0.15) is 11.1 Å². The number of imidazole rings is 1. The molecular formula is C15H14ClN3. The van der Waals surface area contributed by atoms with Gasteiger partial charge in [0.25, 0.3) is 0 Å². The zero-order valence-electron chi connectivity index (χ0n) is 10.8. The monoisotopic (exact) mass is 271 g/mol. The summed E-state index contributed by atoms with van der Waals surface area (Å²) < 4.78 is 1.94. The lowest BCUT2D eigenvalue weighted by Crippen LogP contribution is -2.02. The van der Waals surface area contributed by atoms with Gasteiger partial charge >= 0.3 is 0 Å². The molecule has 2 aromatic carbocycles. The molecule has 0 saturated heterocycles. The molecule has 4 heteroatoms. The Balaban J connectivity index is 2.36. The molecule has 0 aliphatic carbocycles. The Kier molecular flexibility index (Phi) is 2.72. The highest BCUT2D eigenvalue weighted by molar-refractivity contribution is 6.35. The number of hydrogen-bond acceptors (Lipinski definition) is 2. The quantitative estimate of drug-likeness (QED) is 0.730. The summed E-state index contributed by atoms with van der Waals surface area (Å²) >= 11 is 6.16. The van der Waals surface area contributed by atoms with Gasteiger partial charge in [0, 0.05) is 0 Å². The minimum Gasteiger partial charge on any atom is -0.369 e. The summed E-state index contributed by atoms with van der Waals surface area (Å²) in [5, 5.41) is 0.618. The Morgan fingerprint density at radius 2 is 1.95 bits per heavy atom. The van der Waals surface area contributed by atoms with E-state index < -0.39 is 0 Å². The van der Waals surface area contributed by atoms with Crippen LogP contribution in [0.4, 0.5) is 5.95 Å². The van der Waals surface area contributed by atoms with Gasteiger partial charge in [-0.25, -0.2) is 4.98 Å². The second-order valence-corrected chi connectivity index (χ2v) is 5.11. The number of rotatable bonds is 1. The fourth-order valence-corrected chi connectivity index (χ4v) is 2.60. The third kappa shape index (κ3) is 1.87. The normalized spacial score (nSPS) is 11.1. The Labute approximate surface area is 116 Å². The molecular weight excluding hydrogens is 258 g/mol. The topological polar surface area (TPSA) is 43.8 Å². The van der Waals surface area contributed by atoms with E-state index >= 15 is 0 Å². The van der Waals surface area contributed by atoms with Crippen LogP contribution in [-0.2, 0) is 0 Å². The first-order valence-corrected chi connectivity index (χ1v) is 6.46. The van der Waals surface area contributed by atoms with Gasteiger partial charge in [0.2, 0.25) is 5.95 Å². The van der Waals surface area contributed by atoms with Crippen molar-refractivity contribution in [3.8, 4) is 5.69 Å². The molecule has 3 rings (SSSR count). The zero-order valence-corrected chi connectivity index (χ0v) is 11.6. The summed E-state index contributed by atoms with van der Waals surface area (Å²) in [6.45, 7) is 4.14. The molecule has 1 aromatic heterocycles. The summed E-state index contributed by atoms with van der Waals surface area (Å²) in [5.41, 5.74) is 11.1. The summed E-state index contributed by atoms with van der Waals surface area (Å²) in [7, 11) is 0. The number of halogens is 1. The first-order valence-electron chi connectivity index (χ1n) is 6.08. The van der Waals surface area contributed by atoms with Crippen molar-refractivity contribution in [2.45, 2.75) is 13.8 Å². The number of hydrogen-bond donors (Lipinski definition) is 1. The average molecular weight is 272 g/mol. The van der Waals surface area contributed by atoms with Gasteiger partial charge in [-0.15, -0.1) is 0 Å². The van der Waals surface area contributed by atoms with E-state index in [1.165, 1.54) is 5.56 Å². The predicted octanol–water partition coefficient (Wildman–Crippen LogP) is 3.88. The molecule has 0 fully saturated rings. The molecule has 0 spiro atoms. The van der Waals surface area contributed by atoms with Gasteiger partial charge in [-0.3, -0.25) is 4.57 Å². The van der Waals surface area contributed by atoms with Gasteiger partial charge in [0.15, 0.2) is 0 Å². The Morgan fingerprint density at radius 1 is 1.16 bits per heavy atom. The van der Waals surface area contributed by atoms with E-state index in [1.807, 2.05) is 22.8 Å². The minimum atomic E-state index is 0.454. The SMILES string of the molecule is Cc1ccc(-n2c(N)nc3c(Cl)cccc32)c(C)c1. The zero-order chi connectivity index (χ0) is 13.6. The van der Waals surface area contributed by atoms with Gasteiger partial charge in [0.1, 0.15) is 5.52 Å². The van der Waals surface area contributed by atoms with Crippen molar-refractivity contribution < 1.29 is 0 Å². The van der Waals surface area contributed by atoms with Crippen LogP contribution in [-0.4, -0.2) is 9.55 Å². The lowest BCUT2D eigenvalue weighted by molar-refractivity contribution is 1.09. The first-order chi connectivity index (χ1) is 9.08. The molecule has 0 bridgehead atoms. The number of aryl methyl sites for hydroxylation is 2. The Morgan fingerprint density at radius 3 is 2.68 bits per heavy atom. The number of para-hydroxylation sites is 1. The molecule has 3 nitrogen and oxygen atoms in total. The largest absolute Gasteiger partial charge is 0.369 e. The highest BCUT2D eigenvalue weighted by Crippen LogP contribution is 2.29. The third-order valence-electron chi connectivity index (χ3n) is 3.26. The van der Waals surface area contributed by atoms with Crippen LogP contribution in [0.3, 0.4) is 0 Å². The van der Waals surface area contributed by atoms with E-state index in [4.69, 9.17) is 17.3 Å². The molecule has 0 saturated carbocycles. The summed E-state index contributed by atoms with van der Waals surface area (Å²) in [6.07, 6.45) is 0. The molecule has 0 aliphatic rings. The van der Waals surface area contributed by atoms with Gasteiger partial charge < -0.3 is 5.73 Å². The van der Waals surface area contributed by atoms with E-state index in [-0.39, 0.29) is 0 Å². The number of benzene rings is 2. The van der Waals surface area contributed by atoms with E-state index in [1.54, 1.807) is 0 Å². The molecule has 0 unspecified atom stereocenters. The smallest absolute Gasteiger partial charge is 0.205 e. The van der Waals surface area contributed by atoms with Crippen LogP contribution in [0, 0.1) is 13.8 Å². The van der Waals surface area contributed by atoms with Gasteiger partial charge in [-0.05, 0) is 37.6 Å². The number of aromatic nitrogens is 2. The molecule has 0 amide bonds. The lowest BCUT2D eigenvalue weighted by Gasteiger charge is -2.10. The fourth-order valence-electron chi connectivity index (χ4n) is 2.39. The average Bonchev–Trinajstić information content (AvgIpc) is 2.68. The molecule has 0 atom stereocenters. The van der Waals surface area contributed by atoms with Crippen molar-refractivity contribution in [3.63, 3.8) is 0 Å². The van der Waals surface area contributed by atoms with Crippen molar-refractivity contribution in [2.75, 3.05) is 5.73 Å². The predicted molar refractivity (Wildman–Crippen MR) is 80.0 cm³/mol. The highest BCUT2D eigenvalue weighted by atomic mass is 35.5. The van der Waals surface area contributed by atoms with Crippen LogP contribution in [0.25, 0.3) is 16.7 Å². The van der Waals surface area contributed by atoms with Crippen molar-refractivity contribution in [3.05, 3.63) is 52.5 Å². The molecule has 1 heterocycles. The van der Waals surface area contributed by atoms with Gasteiger partial charge in [-0.1, -0.05) is 35.4 Å². The maximum absolute atomic E-state index is 6.16.